The van der Waals surface area contributed by atoms with Gasteiger partial charge in [-0.2, -0.15) is 0 Å². The Labute approximate surface area is 593 Å². The fourth-order valence-corrected chi connectivity index (χ4v) is 11.3. The number of carbonyl (C=O) groups is 4. The van der Waals surface area contributed by atoms with Crippen molar-refractivity contribution < 1.29 is 80.2 Å². The lowest BCUT2D eigenvalue weighted by molar-refractivity contribution is -0.161. The van der Waals surface area contributed by atoms with Crippen LogP contribution in [0.3, 0.4) is 0 Å². The van der Waals surface area contributed by atoms with Gasteiger partial charge >= 0.3 is 39.5 Å². The van der Waals surface area contributed by atoms with Crippen LogP contribution in [0.2, 0.25) is 0 Å². The van der Waals surface area contributed by atoms with Crippen LogP contribution in [0.1, 0.15) is 297 Å². The van der Waals surface area contributed by atoms with Crippen molar-refractivity contribution in [1.82, 2.24) is 0 Å². The second kappa shape index (κ2) is 70.9. The van der Waals surface area contributed by atoms with E-state index in [0.717, 1.165) is 141 Å². The van der Waals surface area contributed by atoms with E-state index in [1.807, 2.05) is 12.2 Å². The van der Waals surface area contributed by atoms with Crippen molar-refractivity contribution in [1.29, 1.82) is 0 Å². The van der Waals surface area contributed by atoms with Crippen LogP contribution in [0.15, 0.2) is 122 Å². The molecule has 0 aromatic heterocycles. The van der Waals surface area contributed by atoms with Crippen LogP contribution in [0, 0.1) is 0 Å². The third kappa shape index (κ3) is 69.9. The Morgan fingerprint density at radius 1 is 0.296 bits per heavy atom. The number of unbranched alkanes of at least 4 members (excludes halogenated alkanes) is 24. The Morgan fingerprint density at radius 3 is 0.898 bits per heavy atom. The predicted molar refractivity (Wildman–Crippen MR) is 399 cm³/mol. The van der Waals surface area contributed by atoms with Gasteiger partial charge in [0.2, 0.25) is 0 Å². The van der Waals surface area contributed by atoms with Crippen molar-refractivity contribution in [2.45, 2.75) is 316 Å². The predicted octanol–water partition coefficient (Wildman–Crippen LogP) is 21.6. The van der Waals surface area contributed by atoms with Gasteiger partial charge in [0.1, 0.15) is 19.3 Å². The van der Waals surface area contributed by atoms with E-state index in [2.05, 4.69) is 137 Å². The molecule has 19 heteroatoms. The van der Waals surface area contributed by atoms with E-state index >= 15 is 0 Å². The first kappa shape index (κ1) is 93.5. The lowest BCUT2D eigenvalue weighted by atomic mass is 10.0. The van der Waals surface area contributed by atoms with Crippen LogP contribution >= 0.6 is 15.6 Å². The Kier molecular flexibility index (Phi) is 67.6. The molecule has 0 bridgehead atoms. The minimum atomic E-state index is -4.99. The van der Waals surface area contributed by atoms with Crippen LogP contribution in [-0.4, -0.2) is 96.7 Å². The molecule has 0 spiro atoms. The number of phosphoric ester groups is 2. The van der Waals surface area contributed by atoms with Crippen LogP contribution in [-0.2, 0) is 65.4 Å². The molecule has 0 saturated heterocycles. The SMILES string of the molecule is CC/C=C\C/C=C\C/C=C\C/C=C\C/C=C\CCCC(=O)OCC(COP(=O)(O)OCC(O)COP(=O)(O)OCC(COC(=O)CCCCCCCCCCCCCCC)OC(=O)CCCCCCC/C=C\CCCC)OC(=O)CCCCCC/C=C\C/C=C\C/C=C\C/C=C\CC. The van der Waals surface area contributed by atoms with E-state index in [0.29, 0.717) is 32.1 Å². The number of rotatable bonds is 70. The molecule has 17 nitrogen and oxygen atoms in total. The maximum Gasteiger partial charge on any atom is 0.472 e. The summed E-state index contributed by atoms with van der Waals surface area (Å²) >= 11 is 0. The molecule has 0 aliphatic carbocycles. The smallest absolute Gasteiger partial charge is 0.462 e. The largest absolute Gasteiger partial charge is 0.472 e. The fourth-order valence-electron chi connectivity index (χ4n) is 9.70. The lowest BCUT2D eigenvalue weighted by Crippen LogP contribution is -2.30. The Hall–Kier alpha value is -4.54. The van der Waals surface area contributed by atoms with Gasteiger partial charge in [-0.25, -0.2) is 9.13 Å². The first-order valence-corrected chi connectivity index (χ1v) is 40.8. The first-order valence-electron chi connectivity index (χ1n) is 37.8. The number of hydrogen-bond donors (Lipinski definition) is 3. The summed E-state index contributed by atoms with van der Waals surface area (Å²) in [6.07, 6.45) is 76.3. The van der Waals surface area contributed by atoms with Crippen LogP contribution in [0.25, 0.3) is 0 Å². The standard InChI is InChI=1S/C79H134O17P2/c1-5-9-13-17-21-25-29-32-34-36-38-41-45-48-52-56-60-64-77(82)90-70-75(96-79(84)66-62-58-54-50-46-42-39-37-35-33-30-26-22-18-14-10-6-2)72-94-98(87,88)92-68-73(80)67-91-97(85,86)93-71-74(95-78(83)65-61-57-53-49-43-28-24-20-16-12-8-4)69-89-76(81)63-59-55-51-47-44-40-31-27-23-19-15-11-7-3/h9-10,13-14,20-22,24-26,32-35,38-39,41-42,48,52,73-75,80H,5-8,11-12,15-19,23,27-31,36-37,40,43-47,49-51,53-72H2,1-4H3,(H,85,86)(H,87,88)/b13-9-,14-10-,24-20-,25-21-,26-22-,34-32-,35-33-,41-38-,42-39-,52-48-. The van der Waals surface area contributed by atoms with Crippen LogP contribution in [0.5, 0.6) is 0 Å². The van der Waals surface area contributed by atoms with Crippen molar-refractivity contribution in [3.63, 3.8) is 0 Å². The van der Waals surface area contributed by atoms with Gasteiger partial charge < -0.3 is 33.8 Å². The molecule has 0 aliphatic heterocycles. The second-order valence-electron chi connectivity index (χ2n) is 24.8. The number of phosphoric acid groups is 2. The Morgan fingerprint density at radius 2 is 0.551 bits per heavy atom. The highest BCUT2D eigenvalue weighted by atomic mass is 31.2. The number of allylic oxidation sites excluding steroid dienone is 20. The van der Waals surface area contributed by atoms with Gasteiger partial charge in [-0.3, -0.25) is 37.3 Å². The van der Waals surface area contributed by atoms with E-state index in [1.54, 1.807) is 0 Å². The highest BCUT2D eigenvalue weighted by molar-refractivity contribution is 7.47. The van der Waals surface area contributed by atoms with Crippen molar-refractivity contribution in [2.24, 2.45) is 0 Å². The summed E-state index contributed by atoms with van der Waals surface area (Å²) in [6, 6.07) is 0. The van der Waals surface area contributed by atoms with Gasteiger partial charge in [-0.1, -0.05) is 271 Å². The molecule has 0 aromatic carbocycles. The quantitative estimate of drug-likeness (QED) is 0.0169. The highest BCUT2D eigenvalue weighted by Gasteiger charge is 2.30. The topological polar surface area (TPSA) is 237 Å². The number of esters is 4. The summed E-state index contributed by atoms with van der Waals surface area (Å²) in [7, 11) is -9.97. The molecule has 3 N–H and O–H groups in total. The molecule has 562 valence electrons. The molecular weight excluding hydrogens is 1280 g/mol. The average molecular weight is 1420 g/mol. The van der Waals surface area contributed by atoms with Gasteiger partial charge in [-0.05, 0) is 122 Å². The van der Waals surface area contributed by atoms with E-state index in [-0.39, 0.29) is 25.7 Å². The molecule has 0 aliphatic rings. The molecule has 0 amide bonds. The zero-order chi connectivity index (χ0) is 71.8. The summed E-state index contributed by atoms with van der Waals surface area (Å²) in [6.45, 7) is 4.50. The molecule has 0 radical (unpaired) electrons. The number of hydrogen-bond acceptors (Lipinski definition) is 15. The number of aliphatic hydroxyl groups excluding tert-OH is 1. The van der Waals surface area contributed by atoms with Crippen molar-refractivity contribution in [2.75, 3.05) is 39.6 Å². The summed E-state index contributed by atoms with van der Waals surface area (Å²) < 4.78 is 68.3. The average Bonchev–Trinajstić information content (AvgIpc) is 0.980. The molecule has 5 unspecified atom stereocenters. The summed E-state index contributed by atoms with van der Waals surface area (Å²) in [5.74, 6) is -2.28. The third-order valence-corrected chi connectivity index (χ3v) is 17.3. The van der Waals surface area contributed by atoms with Crippen LogP contribution < -0.4 is 0 Å². The van der Waals surface area contributed by atoms with Gasteiger partial charge in [0.05, 0.1) is 26.4 Å². The van der Waals surface area contributed by atoms with E-state index in [4.69, 9.17) is 37.0 Å². The molecule has 98 heavy (non-hydrogen) atoms. The second-order valence-corrected chi connectivity index (χ2v) is 27.7. The fraction of sp³-hybridized carbons (Fsp3) is 0.696. The summed E-state index contributed by atoms with van der Waals surface area (Å²) in [4.78, 5) is 72.8. The Balaban J connectivity index is 5.41. The maximum atomic E-state index is 13.1. The lowest BCUT2D eigenvalue weighted by Gasteiger charge is -2.21. The van der Waals surface area contributed by atoms with E-state index < -0.39 is 97.5 Å². The van der Waals surface area contributed by atoms with Crippen molar-refractivity contribution in [3.05, 3.63) is 122 Å². The minimum absolute atomic E-state index is 0.0520. The van der Waals surface area contributed by atoms with Gasteiger partial charge in [0.25, 0.3) is 0 Å². The van der Waals surface area contributed by atoms with Crippen molar-refractivity contribution in [3.8, 4) is 0 Å². The Bertz CT molecular complexity index is 2340. The zero-order valence-electron chi connectivity index (χ0n) is 61.2. The van der Waals surface area contributed by atoms with Gasteiger partial charge in [0.15, 0.2) is 12.2 Å². The van der Waals surface area contributed by atoms with E-state index in [1.165, 1.54) is 70.6 Å². The number of aliphatic hydroxyl groups is 1. The first-order chi connectivity index (χ1) is 47.7. The molecule has 0 saturated carbocycles. The third-order valence-electron chi connectivity index (χ3n) is 15.4. The minimum Gasteiger partial charge on any atom is -0.462 e. The molecule has 0 heterocycles. The molecular formula is C79H134O17P2. The highest BCUT2D eigenvalue weighted by Crippen LogP contribution is 2.45. The van der Waals surface area contributed by atoms with Crippen molar-refractivity contribution >= 4 is 39.5 Å². The normalized spacial score (nSPS) is 14.6. The van der Waals surface area contributed by atoms with Gasteiger partial charge in [-0.15, -0.1) is 0 Å². The molecule has 5 atom stereocenters. The van der Waals surface area contributed by atoms with Gasteiger partial charge in [0, 0.05) is 25.7 Å². The zero-order valence-corrected chi connectivity index (χ0v) is 63.0. The number of carbonyl (C=O) groups excluding carboxylic acids is 4. The summed E-state index contributed by atoms with van der Waals surface area (Å²) in [5, 5.41) is 10.6. The monoisotopic (exact) mass is 1420 g/mol. The molecule has 0 fully saturated rings. The molecule has 0 aromatic rings. The molecule has 0 rings (SSSR count). The van der Waals surface area contributed by atoms with E-state index in [9.17, 15) is 43.2 Å². The number of ether oxygens (including phenoxy) is 4. The maximum absolute atomic E-state index is 13.1. The van der Waals surface area contributed by atoms with Crippen LogP contribution in [0.4, 0.5) is 0 Å². The summed E-state index contributed by atoms with van der Waals surface area (Å²) in [5.41, 5.74) is 0.